The monoisotopic (exact) mass is 307 g/mol. The van der Waals surface area contributed by atoms with Crippen molar-refractivity contribution in [3.8, 4) is 0 Å². The summed E-state index contributed by atoms with van der Waals surface area (Å²) in [5.74, 6) is 0.412. The number of anilines is 1. The summed E-state index contributed by atoms with van der Waals surface area (Å²) in [6.07, 6.45) is 3.99. The standard InChI is InChI=1S/C15H21N3O2S/c1-3-7-18(9-13(19)20-2)15-11(14(16)21)8-10-5-4-6-12(10)17-15/h8H,3-7,9H2,1-2H3,(H2,16,21). The maximum Gasteiger partial charge on any atom is 0.325 e. The van der Waals surface area contributed by atoms with Crippen molar-refractivity contribution in [3.05, 3.63) is 22.9 Å². The van der Waals surface area contributed by atoms with E-state index >= 15 is 0 Å². The summed E-state index contributed by atoms with van der Waals surface area (Å²) in [5, 5.41) is 0. The summed E-state index contributed by atoms with van der Waals surface area (Å²) >= 11 is 5.16. The second kappa shape index (κ2) is 6.85. The first-order valence-electron chi connectivity index (χ1n) is 7.21. The number of pyridine rings is 1. The number of thiocarbonyl (C=S) groups is 1. The Bertz CT molecular complexity index is 560. The van der Waals surface area contributed by atoms with Gasteiger partial charge in [-0.2, -0.15) is 0 Å². The lowest BCUT2D eigenvalue weighted by Gasteiger charge is -2.25. The quantitative estimate of drug-likeness (QED) is 0.636. The average Bonchev–Trinajstić information content (AvgIpc) is 2.92. The number of aromatic nitrogens is 1. The molecule has 0 radical (unpaired) electrons. The fraction of sp³-hybridized carbons (Fsp3) is 0.533. The molecule has 1 aromatic rings. The molecule has 1 aromatic heterocycles. The van der Waals surface area contributed by atoms with Crippen LogP contribution in [0, 0.1) is 0 Å². The van der Waals surface area contributed by atoms with E-state index in [1.54, 1.807) is 0 Å². The van der Waals surface area contributed by atoms with Gasteiger partial charge in [0.05, 0.1) is 12.7 Å². The Hall–Kier alpha value is -1.69. The summed E-state index contributed by atoms with van der Waals surface area (Å²) < 4.78 is 4.77. The van der Waals surface area contributed by atoms with E-state index in [0.717, 1.165) is 36.9 Å². The number of nitrogens with two attached hydrogens (primary N) is 1. The molecule has 0 bridgehead atoms. The molecule has 0 aliphatic heterocycles. The van der Waals surface area contributed by atoms with Crippen molar-refractivity contribution < 1.29 is 9.53 Å². The molecular formula is C15H21N3O2S. The third kappa shape index (κ3) is 3.50. The third-order valence-electron chi connectivity index (χ3n) is 3.64. The van der Waals surface area contributed by atoms with E-state index in [0.29, 0.717) is 17.4 Å². The van der Waals surface area contributed by atoms with Gasteiger partial charge < -0.3 is 15.4 Å². The van der Waals surface area contributed by atoms with Crippen LogP contribution in [0.1, 0.15) is 36.6 Å². The minimum atomic E-state index is -0.292. The first kappa shape index (κ1) is 15.7. The number of methoxy groups -OCH3 is 1. The number of nitrogens with zero attached hydrogens (tertiary/aromatic N) is 2. The van der Waals surface area contributed by atoms with E-state index in [2.05, 4.69) is 6.92 Å². The molecule has 1 heterocycles. The lowest BCUT2D eigenvalue weighted by Crippen LogP contribution is -2.34. The zero-order valence-corrected chi connectivity index (χ0v) is 13.3. The fourth-order valence-electron chi connectivity index (χ4n) is 2.63. The molecule has 0 saturated heterocycles. The minimum absolute atomic E-state index is 0.158. The van der Waals surface area contributed by atoms with Crippen LogP contribution in [0.3, 0.4) is 0 Å². The Morgan fingerprint density at radius 3 is 2.90 bits per heavy atom. The first-order chi connectivity index (χ1) is 10.1. The van der Waals surface area contributed by atoms with Gasteiger partial charge in [0.1, 0.15) is 17.4 Å². The van der Waals surface area contributed by atoms with E-state index in [1.165, 1.54) is 12.7 Å². The lowest BCUT2D eigenvalue weighted by atomic mass is 10.1. The molecule has 0 saturated carbocycles. The predicted molar refractivity (Wildman–Crippen MR) is 86.7 cm³/mol. The highest BCUT2D eigenvalue weighted by Gasteiger charge is 2.22. The van der Waals surface area contributed by atoms with Gasteiger partial charge in [0, 0.05) is 12.2 Å². The molecule has 5 nitrogen and oxygen atoms in total. The molecule has 0 atom stereocenters. The van der Waals surface area contributed by atoms with E-state index in [9.17, 15) is 4.79 Å². The SMILES string of the molecule is CCCN(CC(=O)OC)c1nc2c(cc1C(N)=S)CCC2. The number of rotatable bonds is 6. The van der Waals surface area contributed by atoms with Gasteiger partial charge in [0.2, 0.25) is 0 Å². The minimum Gasteiger partial charge on any atom is -0.468 e. The van der Waals surface area contributed by atoms with Crippen molar-refractivity contribution in [1.82, 2.24) is 4.98 Å². The Balaban J connectivity index is 2.42. The Morgan fingerprint density at radius 1 is 1.52 bits per heavy atom. The highest BCUT2D eigenvalue weighted by molar-refractivity contribution is 7.80. The van der Waals surface area contributed by atoms with Gasteiger partial charge in [-0.25, -0.2) is 4.98 Å². The van der Waals surface area contributed by atoms with Crippen LogP contribution in [0.2, 0.25) is 0 Å². The number of hydrogen-bond donors (Lipinski definition) is 1. The second-order valence-electron chi connectivity index (χ2n) is 5.18. The summed E-state index contributed by atoms with van der Waals surface area (Å²) in [5.41, 5.74) is 8.92. The van der Waals surface area contributed by atoms with Gasteiger partial charge in [-0.1, -0.05) is 19.1 Å². The number of esters is 1. The van der Waals surface area contributed by atoms with Gasteiger partial charge in [0.15, 0.2) is 0 Å². The number of fused-ring (bicyclic) bond motifs is 1. The van der Waals surface area contributed by atoms with Crippen LogP contribution in [0.15, 0.2) is 6.07 Å². The molecule has 0 unspecified atom stereocenters. The van der Waals surface area contributed by atoms with Crippen LogP contribution < -0.4 is 10.6 Å². The van der Waals surface area contributed by atoms with Gasteiger partial charge in [0.25, 0.3) is 0 Å². The topological polar surface area (TPSA) is 68.5 Å². The smallest absolute Gasteiger partial charge is 0.325 e. The van der Waals surface area contributed by atoms with E-state index < -0.39 is 0 Å². The number of hydrogen-bond acceptors (Lipinski definition) is 5. The third-order valence-corrected chi connectivity index (χ3v) is 3.86. The molecule has 0 aromatic carbocycles. The van der Waals surface area contributed by atoms with Crippen LogP contribution in [-0.2, 0) is 22.4 Å². The maximum absolute atomic E-state index is 11.6. The van der Waals surface area contributed by atoms with Gasteiger partial charge in [-0.05, 0) is 37.3 Å². The summed E-state index contributed by atoms with van der Waals surface area (Å²) in [4.78, 5) is 18.6. The van der Waals surface area contributed by atoms with E-state index in [-0.39, 0.29) is 12.5 Å². The second-order valence-corrected chi connectivity index (χ2v) is 5.62. The fourth-order valence-corrected chi connectivity index (χ4v) is 2.78. The normalized spacial score (nSPS) is 12.9. The zero-order valence-electron chi connectivity index (χ0n) is 12.5. The van der Waals surface area contributed by atoms with Gasteiger partial charge in [-0.15, -0.1) is 0 Å². The van der Waals surface area contributed by atoms with Crippen molar-refractivity contribution in [2.24, 2.45) is 5.73 Å². The summed E-state index contributed by atoms with van der Waals surface area (Å²) in [6.45, 7) is 2.92. The molecule has 21 heavy (non-hydrogen) atoms. The predicted octanol–water partition coefficient (Wildman–Crippen LogP) is 1.59. The largest absolute Gasteiger partial charge is 0.468 e. The Labute approximate surface area is 130 Å². The molecule has 2 N–H and O–H groups in total. The maximum atomic E-state index is 11.6. The lowest BCUT2D eigenvalue weighted by molar-refractivity contribution is -0.138. The molecule has 0 spiro atoms. The van der Waals surface area contributed by atoms with Crippen molar-refractivity contribution in [3.63, 3.8) is 0 Å². The average molecular weight is 307 g/mol. The van der Waals surface area contributed by atoms with Gasteiger partial charge >= 0.3 is 5.97 Å². The van der Waals surface area contributed by atoms with Crippen LogP contribution in [-0.4, -0.2) is 36.1 Å². The number of carbonyl (C=O) groups is 1. The van der Waals surface area contributed by atoms with E-state index in [4.69, 9.17) is 27.7 Å². The molecule has 2 rings (SSSR count). The molecule has 0 fully saturated rings. The first-order valence-corrected chi connectivity index (χ1v) is 7.62. The zero-order chi connectivity index (χ0) is 15.4. The van der Waals surface area contributed by atoms with Crippen LogP contribution in [0.5, 0.6) is 0 Å². The van der Waals surface area contributed by atoms with Crippen LogP contribution in [0.25, 0.3) is 0 Å². The van der Waals surface area contributed by atoms with Crippen molar-refractivity contribution in [2.75, 3.05) is 25.1 Å². The molecule has 1 aliphatic rings. The number of carbonyl (C=O) groups excluding carboxylic acids is 1. The van der Waals surface area contributed by atoms with Crippen molar-refractivity contribution >= 4 is 29.0 Å². The highest BCUT2D eigenvalue weighted by Crippen LogP contribution is 2.27. The number of aryl methyl sites for hydroxylation is 2. The number of ether oxygens (including phenoxy) is 1. The van der Waals surface area contributed by atoms with Crippen molar-refractivity contribution in [1.29, 1.82) is 0 Å². The van der Waals surface area contributed by atoms with Crippen LogP contribution >= 0.6 is 12.2 Å². The molecule has 6 heteroatoms. The summed E-state index contributed by atoms with van der Waals surface area (Å²) in [7, 11) is 1.39. The van der Waals surface area contributed by atoms with E-state index in [1.807, 2.05) is 11.0 Å². The van der Waals surface area contributed by atoms with Crippen molar-refractivity contribution in [2.45, 2.75) is 32.6 Å². The van der Waals surface area contributed by atoms with Crippen LogP contribution in [0.4, 0.5) is 5.82 Å². The van der Waals surface area contributed by atoms with Gasteiger partial charge in [-0.3, -0.25) is 4.79 Å². The Morgan fingerprint density at radius 2 is 2.29 bits per heavy atom. The molecule has 1 aliphatic carbocycles. The molecule has 114 valence electrons. The highest BCUT2D eigenvalue weighted by atomic mass is 32.1. The summed E-state index contributed by atoms with van der Waals surface area (Å²) in [6, 6.07) is 2.03. The molecular weight excluding hydrogens is 286 g/mol. The Kier molecular flexibility index (Phi) is 5.12. The molecule has 0 amide bonds.